The van der Waals surface area contributed by atoms with E-state index in [-0.39, 0.29) is 17.0 Å². The largest absolute Gasteiger partial charge is 0.494 e. The molecule has 0 amide bonds. The van der Waals surface area contributed by atoms with Crippen LogP contribution in [0.25, 0.3) is 10.6 Å². The molecule has 0 fully saturated rings. The fraction of sp³-hybridized carbons (Fsp3) is 0.188. The number of thiazole rings is 1. The van der Waals surface area contributed by atoms with Gasteiger partial charge in [-0.1, -0.05) is 11.6 Å². The Morgan fingerprint density at radius 3 is 2.52 bits per heavy atom. The van der Waals surface area contributed by atoms with Crippen LogP contribution in [0.2, 0.25) is 4.34 Å². The molecule has 2 aromatic heterocycles. The van der Waals surface area contributed by atoms with E-state index >= 15 is 0 Å². The smallest absolute Gasteiger partial charge is 0.190 e. The molecule has 0 aliphatic carbocycles. The highest BCUT2D eigenvalue weighted by atomic mass is 79.9. The standard InChI is InChI=1S/C16H15ClN2OS2.BrH/c1-3-20-12-6-4-11(5-7-12)18-16-19(2)13(10-21-16)14-8-9-15(17)22-14;/h4-10H,3H2,1-2H3;1H. The molecule has 0 spiro atoms. The van der Waals surface area contributed by atoms with Crippen LogP contribution in [-0.2, 0) is 7.05 Å². The molecule has 3 aromatic rings. The minimum atomic E-state index is 0. The summed E-state index contributed by atoms with van der Waals surface area (Å²) in [6, 6.07) is 11.8. The number of nitrogens with zero attached hydrogens (tertiary/aromatic N) is 2. The number of aromatic nitrogens is 1. The molecular weight excluding hydrogens is 416 g/mol. The maximum absolute atomic E-state index is 6.02. The molecule has 0 aliphatic rings. The Hall–Kier alpha value is -1.08. The number of hydrogen-bond acceptors (Lipinski definition) is 4. The van der Waals surface area contributed by atoms with Crippen molar-refractivity contribution in [3.05, 3.63) is 50.9 Å². The summed E-state index contributed by atoms with van der Waals surface area (Å²) in [5, 5.41) is 2.11. The van der Waals surface area contributed by atoms with Crippen LogP contribution in [0.15, 0.2) is 46.8 Å². The third-order valence-electron chi connectivity index (χ3n) is 3.12. The summed E-state index contributed by atoms with van der Waals surface area (Å²) >= 11 is 9.21. The van der Waals surface area contributed by atoms with E-state index in [0.29, 0.717) is 6.61 Å². The van der Waals surface area contributed by atoms with E-state index in [9.17, 15) is 0 Å². The van der Waals surface area contributed by atoms with E-state index in [4.69, 9.17) is 21.3 Å². The SMILES string of the molecule is Br.CCOc1ccc(N=c2scc(-c3ccc(Cl)s3)n2C)cc1. The van der Waals surface area contributed by atoms with Crippen LogP contribution in [0.5, 0.6) is 5.75 Å². The summed E-state index contributed by atoms with van der Waals surface area (Å²) in [5.74, 6) is 0.867. The molecule has 0 saturated heterocycles. The van der Waals surface area contributed by atoms with Gasteiger partial charge in [-0.2, -0.15) is 0 Å². The Kier molecular flexibility index (Phi) is 6.47. The lowest BCUT2D eigenvalue weighted by Gasteiger charge is -2.02. The van der Waals surface area contributed by atoms with Crippen LogP contribution in [0.1, 0.15) is 6.92 Å². The van der Waals surface area contributed by atoms with Gasteiger partial charge in [-0.3, -0.25) is 0 Å². The summed E-state index contributed by atoms with van der Waals surface area (Å²) in [6.45, 7) is 2.64. The molecule has 0 radical (unpaired) electrons. The highest BCUT2D eigenvalue weighted by molar-refractivity contribution is 8.93. The van der Waals surface area contributed by atoms with E-state index < -0.39 is 0 Å². The van der Waals surface area contributed by atoms with Crippen LogP contribution < -0.4 is 9.54 Å². The Balaban J connectivity index is 0.00000192. The van der Waals surface area contributed by atoms with E-state index in [1.807, 2.05) is 50.4 Å². The number of halogens is 2. The minimum absolute atomic E-state index is 0. The zero-order valence-electron chi connectivity index (χ0n) is 12.7. The highest BCUT2D eigenvalue weighted by Gasteiger charge is 2.07. The molecule has 1 aromatic carbocycles. The fourth-order valence-corrected chi connectivity index (χ4v) is 4.13. The normalized spacial score (nSPS) is 11.3. The fourth-order valence-electron chi connectivity index (χ4n) is 2.04. The van der Waals surface area contributed by atoms with Gasteiger partial charge in [-0.05, 0) is 43.3 Å². The van der Waals surface area contributed by atoms with Crippen molar-refractivity contribution in [3.63, 3.8) is 0 Å². The third kappa shape index (κ3) is 4.26. The molecule has 0 saturated carbocycles. The summed E-state index contributed by atoms with van der Waals surface area (Å²) in [4.78, 5) is 6.79. The average molecular weight is 432 g/mol. The molecule has 3 rings (SSSR count). The Bertz CT molecular complexity index is 836. The highest BCUT2D eigenvalue weighted by Crippen LogP contribution is 2.31. The maximum atomic E-state index is 6.02. The quantitative estimate of drug-likeness (QED) is 0.522. The first-order valence-electron chi connectivity index (χ1n) is 6.85. The molecule has 3 nitrogen and oxygen atoms in total. The lowest BCUT2D eigenvalue weighted by molar-refractivity contribution is 0.340. The molecule has 0 aliphatic heterocycles. The van der Waals surface area contributed by atoms with Gasteiger partial charge in [0, 0.05) is 12.4 Å². The van der Waals surface area contributed by atoms with Gasteiger partial charge in [0.15, 0.2) is 4.80 Å². The molecular formula is C16H16BrClN2OS2. The van der Waals surface area contributed by atoms with Crippen molar-refractivity contribution >= 4 is 56.9 Å². The van der Waals surface area contributed by atoms with E-state index in [1.54, 1.807) is 22.7 Å². The predicted octanol–water partition coefficient (Wildman–Crippen LogP) is 5.68. The number of thiophene rings is 1. The van der Waals surface area contributed by atoms with Crippen molar-refractivity contribution in [1.82, 2.24) is 4.57 Å². The zero-order chi connectivity index (χ0) is 15.5. The molecule has 0 unspecified atom stereocenters. The zero-order valence-corrected chi connectivity index (χ0v) is 16.8. The van der Waals surface area contributed by atoms with Gasteiger partial charge in [0.2, 0.25) is 0 Å². The number of rotatable bonds is 4. The van der Waals surface area contributed by atoms with Gasteiger partial charge in [-0.15, -0.1) is 39.7 Å². The Morgan fingerprint density at radius 2 is 1.91 bits per heavy atom. The van der Waals surface area contributed by atoms with Crippen molar-refractivity contribution < 1.29 is 4.74 Å². The van der Waals surface area contributed by atoms with Crippen molar-refractivity contribution in [2.75, 3.05) is 6.61 Å². The van der Waals surface area contributed by atoms with E-state index in [2.05, 4.69) is 9.95 Å². The second-order valence-corrected chi connectivity index (χ2v) is 7.16. The summed E-state index contributed by atoms with van der Waals surface area (Å²) in [5.41, 5.74) is 2.04. The molecule has 122 valence electrons. The van der Waals surface area contributed by atoms with Crippen LogP contribution in [0.4, 0.5) is 5.69 Å². The molecule has 7 heteroatoms. The predicted molar refractivity (Wildman–Crippen MR) is 105 cm³/mol. The maximum Gasteiger partial charge on any atom is 0.190 e. The van der Waals surface area contributed by atoms with Crippen molar-refractivity contribution in [1.29, 1.82) is 0 Å². The van der Waals surface area contributed by atoms with Crippen molar-refractivity contribution in [2.24, 2.45) is 12.0 Å². The van der Waals surface area contributed by atoms with Crippen LogP contribution in [-0.4, -0.2) is 11.2 Å². The van der Waals surface area contributed by atoms with Gasteiger partial charge < -0.3 is 9.30 Å². The number of benzene rings is 1. The molecule has 0 N–H and O–H groups in total. The van der Waals surface area contributed by atoms with Crippen molar-refractivity contribution in [2.45, 2.75) is 6.92 Å². The van der Waals surface area contributed by atoms with Gasteiger partial charge in [-0.25, -0.2) is 4.99 Å². The summed E-state index contributed by atoms with van der Waals surface area (Å²) in [7, 11) is 2.02. The van der Waals surface area contributed by atoms with E-state index in [0.717, 1.165) is 31.1 Å². The number of hydrogen-bond donors (Lipinski definition) is 0. The van der Waals surface area contributed by atoms with Crippen LogP contribution in [0, 0.1) is 0 Å². The first-order valence-corrected chi connectivity index (χ1v) is 8.92. The van der Waals surface area contributed by atoms with Crippen molar-refractivity contribution in [3.8, 4) is 16.3 Å². The van der Waals surface area contributed by atoms with Gasteiger partial charge >= 0.3 is 0 Å². The lowest BCUT2D eigenvalue weighted by Crippen LogP contribution is -2.10. The van der Waals surface area contributed by atoms with Gasteiger partial charge in [0.05, 0.1) is 27.2 Å². The first kappa shape index (κ1) is 18.3. The second-order valence-electron chi connectivity index (χ2n) is 4.61. The van der Waals surface area contributed by atoms with Gasteiger partial charge in [0.1, 0.15) is 5.75 Å². The average Bonchev–Trinajstić information content (AvgIpc) is 3.08. The van der Waals surface area contributed by atoms with Crippen LogP contribution in [0.3, 0.4) is 0 Å². The Labute approximate surface area is 158 Å². The minimum Gasteiger partial charge on any atom is -0.494 e. The summed E-state index contributed by atoms with van der Waals surface area (Å²) in [6.07, 6.45) is 0. The molecule has 0 bridgehead atoms. The number of ether oxygens (including phenoxy) is 1. The molecule has 0 atom stereocenters. The Morgan fingerprint density at radius 1 is 1.17 bits per heavy atom. The monoisotopic (exact) mass is 430 g/mol. The molecule has 23 heavy (non-hydrogen) atoms. The van der Waals surface area contributed by atoms with E-state index in [1.165, 1.54) is 0 Å². The summed E-state index contributed by atoms with van der Waals surface area (Å²) < 4.78 is 8.33. The van der Waals surface area contributed by atoms with Crippen LogP contribution >= 0.6 is 51.3 Å². The third-order valence-corrected chi connectivity index (χ3v) is 5.29. The second kappa shape index (κ2) is 8.15. The first-order chi connectivity index (χ1) is 10.7. The van der Waals surface area contributed by atoms with Gasteiger partial charge in [0.25, 0.3) is 0 Å². The molecule has 2 heterocycles. The lowest BCUT2D eigenvalue weighted by atomic mass is 10.3. The topological polar surface area (TPSA) is 26.5 Å².